The molecule has 1 aromatic carbocycles. The van der Waals surface area contributed by atoms with E-state index in [9.17, 15) is 0 Å². The molecular weight excluding hydrogens is 212 g/mol. The van der Waals surface area contributed by atoms with Gasteiger partial charge in [-0.1, -0.05) is 25.1 Å². The van der Waals surface area contributed by atoms with Crippen molar-refractivity contribution < 1.29 is 0 Å². The van der Waals surface area contributed by atoms with Gasteiger partial charge in [0, 0.05) is 0 Å². The second-order valence-corrected chi connectivity index (χ2v) is 4.07. The van der Waals surface area contributed by atoms with Crippen molar-refractivity contribution in [1.29, 1.82) is 0 Å². The lowest BCUT2D eigenvalue weighted by Gasteiger charge is -2.08. The summed E-state index contributed by atoms with van der Waals surface area (Å²) >= 11 is 0. The minimum Gasteiger partial charge on any atom is -0.309 e. The third kappa shape index (κ3) is 2.91. The zero-order valence-electron chi connectivity index (χ0n) is 10.3. The Morgan fingerprint density at radius 1 is 1.29 bits per heavy atom. The molecule has 0 bridgehead atoms. The molecule has 0 fully saturated rings. The van der Waals surface area contributed by atoms with E-state index in [2.05, 4.69) is 29.4 Å². The molecule has 0 saturated carbocycles. The van der Waals surface area contributed by atoms with E-state index in [1.807, 2.05) is 36.5 Å². The molecule has 1 N–H and O–H groups in total. The van der Waals surface area contributed by atoms with Crippen LogP contribution in [0.1, 0.15) is 32.0 Å². The predicted octanol–water partition coefficient (Wildman–Crippen LogP) is 2.33. The quantitative estimate of drug-likeness (QED) is 0.857. The molecule has 0 aliphatic rings. The molecule has 1 atom stereocenters. The smallest absolute Gasteiger partial charge is 0.0998 e. The summed E-state index contributed by atoms with van der Waals surface area (Å²) in [6, 6.07) is 10.2. The number of hydrogen-bond donors (Lipinski definition) is 1. The standard InChI is InChI=1S/C13H18N4/c1-3-9-14-11(2)13-10-15-17(16-13)12-7-5-4-6-8-12/h4-8,10-11,14H,3,9H2,1-2H3. The number of hydrogen-bond acceptors (Lipinski definition) is 3. The minimum absolute atomic E-state index is 0.243. The Morgan fingerprint density at radius 3 is 2.76 bits per heavy atom. The molecule has 0 radical (unpaired) electrons. The van der Waals surface area contributed by atoms with Crippen LogP contribution < -0.4 is 5.32 Å². The highest BCUT2D eigenvalue weighted by molar-refractivity contribution is 5.28. The summed E-state index contributed by atoms with van der Waals surface area (Å²) in [6.45, 7) is 5.26. The molecule has 2 aromatic rings. The minimum atomic E-state index is 0.243. The van der Waals surface area contributed by atoms with Gasteiger partial charge in [-0.15, -0.1) is 0 Å². The predicted molar refractivity (Wildman–Crippen MR) is 68.1 cm³/mol. The second kappa shape index (κ2) is 5.59. The molecule has 1 aromatic heterocycles. The van der Waals surface area contributed by atoms with Gasteiger partial charge in [0.05, 0.1) is 23.6 Å². The monoisotopic (exact) mass is 230 g/mol. The summed E-state index contributed by atoms with van der Waals surface area (Å²) in [7, 11) is 0. The van der Waals surface area contributed by atoms with Crippen molar-refractivity contribution >= 4 is 0 Å². The largest absolute Gasteiger partial charge is 0.309 e. The molecule has 4 heteroatoms. The Labute approximate surface area is 102 Å². The topological polar surface area (TPSA) is 42.7 Å². The molecule has 0 amide bonds. The third-order valence-electron chi connectivity index (χ3n) is 2.64. The highest BCUT2D eigenvalue weighted by Crippen LogP contribution is 2.10. The van der Waals surface area contributed by atoms with Gasteiger partial charge in [0.25, 0.3) is 0 Å². The maximum Gasteiger partial charge on any atom is 0.0998 e. The summed E-state index contributed by atoms with van der Waals surface area (Å²) in [4.78, 5) is 1.67. The van der Waals surface area contributed by atoms with Crippen LogP contribution in [0.15, 0.2) is 36.5 Å². The second-order valence-electron chi connectivity index (χ2n) is 4.07. The zero-order chi connectivity index (χ0) is 12.1. The van der Waals surface area contributed by atoms with Gasteiger partial charge in [-0.2, -0.15) is 15.0 Å². The zero-order valence-corrected chi connectivity index (χ0v) is 10.3. The van der Waals surface area contributed by atoms with Crippen LogP contribution in [0.3, 0.4) is 0 Å². The van der Waals surface area contributed by atoms with Crippen molar-refractivity contribution in [3.8, 4) is 5.69 Å². The van der Waals surface area contributed by atoms with Crippen molar-refractivity contribution in [3.63, 3.8) is 0 Å². The Kier molecular flexibility index (Phi) is 3.88. The number of rotatable bonds is 5. The van der Waals surface area contributed by atoms with Crippen molar-refractivity contribution in [2.24, 2.45) is 0 Å². The number of nitrogens with one attached hydrogen (secondary N) is 1. The SMILES string of the molecule is CCCNC(C)c1cnn(-c2ccccc2)n1. The number of nitrogens with zero attached hydrogens (tertiary/aromatic N) is 3. The lowest BCUT2D eigenvalue weighted by atomic mass is 10.2. The molecule has 0 saturated heterocycles. The van der Waals surface area contributed by atoms with E-state index in [1.165, 1.54) is 0 Å². The van der Waals surface area contributed by atoms with Gasteiger partial charge in [-0.05, 0) is 32.0 Å². The summed E-state index contributed by atoms with van der Waals surface area (Å²) in [5.74, 6) is 0. The van der Waals surface area contributed by atoms with Crippen LogP contribution in [0.4, 0.5) is 0 Å². The molecular formula is C13H18N4. The average Bonchev–Trinajstić information content (AvgIpc) is 2.86. The van der Waals surface area contributed by atoms with E-state index in [-0.39, 0.29) is 6.04 Å². The third-order valence-corrected chi connectivity index (χ3v) is 2.64. The van der Waals surface area contributed by atoms with E-state index in [0.29, 0.717) is 0 Å². The lowest BCUT2D eigenvalue weighted by Crippen LogP contribution is -2.19. The van der Waals surface area contributed by atoms with Gasteiger partial charge in [0.2, 0.25) is 0 Å². The van der Waals surface area contributed by atoms with Crippen molar-refractivity contribution in [1.82, 2.24) is 20.3 Å². The van der Waals surface area contributed by atoms with Gasteiger partial charge in [-0.3, -0.25) is 0 Å². The van der Waals surface area contributed by atoms with Crippen molar-refractivity contribution in [2.75, 3.05) is 6.54 Å². The molecule has 0 aliphatic heterocycles. The Hall–Kier alpha value is -1.68. The van der Waals surface area contributed by atoms with E-state index < -0.39 is 0 Å². The van der Waals surface area contributed by atoms with Gasteiger partial charge in [-0.25, -0.2) is 0 Å². The van der Waals surface area contributed by atoms with Crippen LogP contribution in [-0.2, 0) is 0 Å². The van der Waals surface area contributed by atoms with E-state index in [0.717, 1.165) is 24.3 Å². The number of aromatic nitrogens is 3. The van der Waals surface area contributed by atoms with E-state index in [1.54, 1.807) is 4.80 Å². The molecule has 1 heterocycles. The summed E-state index contributed by atoms with van der Waals surface area (Å²) < 4.78 is 0. The molecule has 0 aliphatic carbocycles. The lowest BCUT2D eigenvalue weighted by molar-refractivity contribution is 0.552. The molecule has 4 nitrogen and oxygen atoms in total. The summed E-state index contributed by atoms with van der Waals surface area (Å²) in [6.07, 6.45) is 2.94. The molecule has 1 unspecified atom stereocenters. The fourth-order valence-corrected chi connectivity index (χ4v) is 1.62. The molecule has 2 rings (SSSR count). The van der Waals surface area contributed by atoms with Gasteiger partial charge < -0.3 is 5.32 Å². The highest BCUT2D eigenvalue weighted by atomic mass is 15.5. The first kappa shape index (κ1) is 11.8. The first-order valence-electron chi connectivity index (χ1n) is 6.02. The van der Waals surface area contributed by atoms with Crippen molar-refractivity contribution in [3.05, 3.63) is 42.2 Å². The maximum atomic E-state index is 4.48. The first-order chi connectivity index (χ1) is 8.31. The fraction of sp³-hybridized carbons (Fsp3) is 0.385. The van der Waals surface area contributed by atoms with Crippen molar-refractivity contribution in [2.45, 2.75) is 26.3 Å². The fourth-order valence-electron chi connectivity index (χ4n) is 1.62. The molecule has 90 valence electrons. The number of para-hydroxylation sites is 1. The Bertz CT molecular complexity index is 449. The summed E-state index contributed by atoms with van der Waals surface area (Å²) in [5, 5.41) is 12.2. The molecule has 0 spiro atoms. The summed E-state index contributed by atoms with van der Waals surface area (Å²) in [5.41, 5.74) is 1.96. The maximum absolute atomic E-state index is 4.48. The van der Waals surface area contributed by atoms with Gasteiger partial charge >= 0.3 is 0 Å². The van der Waals surface area contributed by atoms with E-state index in [4.69, 9.17) is 0 Å². The Morgan fingerprint density at radius 2 is 2.06 bits per heavy atom. The van der Waals surface area contributed by atoms with Gasteiger partial charge in [0.1, 0.15) is 0 Å². The van der Waals surface area contributed by atoms with Crippen LogP contribution >= 0.6 is 0 Å². The van der Waals surface area contributed by atoms with Crippen LogP contribution in [-0.4, -0.2) is 21.5 Å². The highest BCUT2D eigenvalue weighted by Gasteiger charge is 2.09. The molecule has 17 heavy (non-hydrogen) atoms. The number of benzene rings is 1. The first-order valence-corrected chi connectivity index (χ1v) is 6.02. The van der Waals surface area contributed by atoms with E-state index >= 15 is 0 Å². The van der Waals surface area contributed by atoms with Crippen LogP contribution in [0, 0.1) is 0 Å². The van der Waals surface area contributed by atoms with Crippen LogP contribution in [0.5, 0.6) is 0 Å². The normalized spacial score (nSPS) is 12.6. The van der Waals surface area contributed by atoms with Gasteiger partial charge in [0.15, 0.2) is 0 Å². The van der Waals surface area contributed by atoms with Crippen LogP contribution in [0.2, 0.25) is 0 Å². The van der Waals surface area contributed by atoms with Crippen LogP contribution in [0.25, 0.3) is 5.69 Å². The Balaban J connectivity index is 2.11. The average molecular weight is 230 g/mol.